The number of halogens is 3. The van der Waals surface area contributed by atoms with Crippen molar-refractivity contribution < 1.29 is 22.8 Å². The van der Waals surface area contributed by atoms with Gasteiger partial charge in [0.15, 0.2) is 0 Å². The van der Waals surface area contributed by atoms with Crippen molar-refractivity contribution in [2.75, 3.05) is 5.32 Å². The predicted octanol–water partition coefficient (Wildman–Crippen LogP) is 8.22. The molecule has 7 heteroatoms. The molecule has 5 aromatic carbocycles. The van der Waals surface area contributed by atoms with Gasteiger partial charge in [0.05, 0.1) is 5.56 Å². The lowest BCUT2D eigenvalue weighted by Crippen LogP contribution is -2.23. The lowest BCUT2D eigenvalue weighted by molar-refractivity contribution is -0.137. The molecule has 0 saturated carbocycles. The molecule has 0 fully saturated rings. The fourth-order valence-corrected chi connectivity index (χ4v) is 4.48. The smallest absolute Gasteiger partial charge is 0.348 e. The Morgan fingerprint density at radius 2 is 1.29 bits per heavy atom. The summed E-state index contributed by atoms with van der Waals surface area (Å²) in [5.41, 5.74) is 4.38. The number of anilines is 1. The maximum Gasteiger partial charge on any atom is 0.416 e. The Balaban J connectivity index is 1.27. The monoisotopic (exact) mass is 550 g/mol. The summed E-state index contributed by atoms with van der Waals surface area (Å²) in [5.74, 6) is -0.743. The van der Waals surface area contributed by atoms with Gasteiger partial charge in [0.1, 0.15) is 0 Å². The Labute approximate surface area is 235 Å². The molecule has 0 aliphatic heterocycles. The summed E-state index contributed by atoms with van der Waals surface area (Å²) in [4.78, 5) is 26.1. The average molecular weight is 551 g/mol. The van der Waals surface area contributed by atoms with Crippen molar-refractivity contribution in [1.82, 2.24) is 5.32 Å². The molecule has 0 aliphatic rings. The van der Waals surface area contributed by atoms with Crippen molar-refractivity contribution in [3.05, 3.63) is 150 Å². The average Bonchev–Trinajstić information content (AvgIpc) is 3.00. The number of benzene rings is 5. The largest absolute Gasteiger partial charge is 0.416 e. The lowest BCUT2D eigenvalue weighted by Gasteiger charge is -2.13. The fraction of sp³-hybridized carbons (Fsp3) is 0.0588. The first-order chi connectivity index (χ1) is 19.8. The first kappa shape index (κ1) is 27.4. The number of hydrogen-bond acceptors (Lipinski definition) is 2. The topological polar surface area (TPSA) is 58.2 Å². The van der Waals surface area contributed by atoms with Gasteiger partial charge in [-0.1, -0.05) is 84.9 Å². The van der Waals surface area contributed by atoms with Crippen molar-refractivity contribution in [3.8, 4) is 22.3 Å². The third-order valence-electron chi connectivity index (χ3n) is 6.56. The maximum atomic E-state index is 13.2. The van der Waals surface area contributed by atoms with E-state index in [9.17, 15) is 22.8 Å². The number of carbonyl (C=O) groups is 2. The first-order valence-corrected chi connectivity index (χ1v) is 12.9. The van der Waals surface area contributed by atoms with Gasteiger partial charge in [0.25, 0.3) is 11.8 Å². The second kappa shape index (κ2) is 11.9. The van der Waals surface area contributed by atoms with Gasteiger partial charge in [-0.25, -0.2) is 0 Å². The third-order valence-corrected chi connectivity index (χ3v) is 6.56. The number of carbonyl (C=O) groups excluding carboxylic acids is 2. The highest BCUT2D eigenvalue weighted by molar-refractivity contribution is 6.09. The molecule has 4 nitrogen and oxygen atoms in total. The van der Waals surface area contributed by atoms with Crippen LogP contribution in [0.15, 0.2) is 127 Å². The molecule has 204 valence electrons. The van der Waals surface area contributed by atoms with E-state index >= 15 is 0 Å². The minimum atomic E-state index is -4.45. The summed E-state index contributed by atoms with van der Waals surface area (Å²) in [6.07, 6.45) is -4.45. The van der Waals surface area contributed by atoms with Crippen LogP contribution in [0.2, 0.25) is 0 Å². The van der Waals surface area contributed by atoms with Crippen LogP contribution >= 0.6 is 0 Å². The molecule has 2 N–H and O–H groups in total. The zero-order valence-corrected chi connectivity index (χ0v) is 21.8. The number of hydrogen-bond donors (Lipinski definition) is 2. The number of nitrogens with one attached hydrogen (secondary N) is 2. The molecule has 41 heavy (non-hydrogen) atoms. The molecule has 0 spiro atoms. The lowest BCUT2D eigenvalue weighted by atomic mass is 9.98. The van der Waals surface area contributed by atoms with Gasteiger partial charge in [0.2, 0.25) is 0 Å². The molecule has 5 aromatic rings. The van der Waals surface area contributed by atoms with E-state index in [4.69, 9.17) is 0 Å². The van der Waals surface area contributed by atoms with E-state index in [2.05, 4.69) is 10.6 Å². The van der Waals surface area contributed by atoms with E-state index in [1.165, 1.54) is 12.1 Å². The quantitative estimate of drug-likeness (QED) is 0.215. The van der Waals surface area contributed by atoms with Crippen LogP contribution in [0.3, 0.4) is 0 Å². The molecule has 0 radical (unpaired) electrons. The van der Waals surface area contributed by atoms with Crippen LogP contribution in [0.4, 0.5) is 18.9 Å². The van der Waals surface area contributed by atoms with Crippen LogP contribution in [-0.4, -0.2) is 11.8 Å². The van der Waals surface area contributed by atoms with Crippen LogP contribution in [0, 0.1) is 0 Å². The van der Waals surface area contributed by atoms with Crippen LogP contribution in [0.25, 0.3) is 22.3 Å². The summed E-state index contributed by atoms with van der Waals surface area (Å²) < 4.78 is 39.0. The van der Waals surface area contributed by atoms with Gasteiger partial charge in [-0.3, -0.25) is 9.59 Å². The highest BCUT2D eigenvalue weighted by Gasteiger charge is 2.30. The van der Waals surface area contributed by atoms with E-state index in [1.807, 2.05) is 54.6 Å². The van der Waals surface area contributed by atoms with E-state index in [0.717, 1.165) is 28.8 Å². The Hall–Kier alpha value is -5.17. The molecular weight excluding hydrogens is 525 g/mol. The standard InChI is InChI=1S/C34H25F3N2O2/c35-34(36,37)28-18-16-25(17-19-28)30-14-4-5-15-31(30)33(41)39-29-13-7-12-27(21-29)32(40)38-22-23-8-6-11-26(20-23)24-9-2-1-3-10-24/h1-21H,22H2,(H,38,40)(H,39,41). The molecule has 0 unspecified atom stereocenters. The Morgan fingerprint density at radius 3 is 2.05 bits per heavy atom. The van der Waals surface area contributed by atoms with Gasteiger partial charge in [-0.05, 0) is 70.3 Å². The first-order valence-electron chi connectivity index (χ1n) is 12.9. The normalized spacial score (nSPS) is 11.1. The Morgan fingerprint density at radius 1 is 0.610 bits per heavy atom. The van der Waals surface area contributed by atoms with Crippen LogP contribution in [0.5, 0.6) is 0 Å². The van der Waals surface area contributed by atoms with Gasteiger partial charge in [0, 0.05) is 23.4 Å². The maximum absolute atomic E-state index is 13.2. The zero-order chi connectivity index (χ0) is 28.8. The number of rotatable bonds is 7. The summed E-state index contributed by atoms with van der Waals surface area (Å²) in [7, 11) is 0. The highest BCUT2D eigenvalue weighted by Crippen LogP contribution is 2.32. The van der Waals surface area contributed by atoms with Gasteiger partial charge in [-0.2, -0.15) is 13.2 Å². The van der Waals surface area contributed by atoms with Crippen molar-refractivity contribution in [3.63, 3.8) is 0 Å². The number of amides is 2. The molecule has 5 rings (SSSR count). The second-order valence-corrected chi connectivity index (χ2v) is 9.40. The molecule has 2 amide bonds. The summed E-state index contributed by atoms with van der Waals surface area (Å²) in [6.45, 7) is 0.330. The zero-order valence-electron chi connectivity index (χ0n) is 21.8. The summed E-state index contributed by atoms with van der Waals surface area (Å²) in [6, 6.07) is 35.8. The minimum Gasteiger partial charge on any atom is -0.348 e. The van der Waals surface area contributed by atoms with Crippen molar-refractivity contribution in [2.45, 2.75) is 12.7 Å². The van der Waals surface area contributed by atoms with Crippen LogP contribution in [0.1, 0.15) is 31.8 Å². The van der Waals surface area contributed by atoms with Crippen LogP contribution in [-0.2, 0) is 12.7 Å². The molecule has 0 heterocycles. The van der Waals surface area contributed by atoms with Crippen molar-refractivity contribution in [2.24, 2.45) is 0 Å². The third kappa shape index (κ3) is 6.70. The summed E-state index contributed by atoms with van der Waals surface area (Å²) >= 11 is 0. The second-order valence-electron chi connectivity index (χ2n) is 9.40. The van der Waals surface area contributed by atoms with E-state index in [1.54, 1.807) is 48.5 Å². The molecule has 0 aliphatic carbocycles. The predicted molar refractivity (Wildman–Crippen MR) is 154 cm³/mol. The summed E-state index contributed by atoms with van der Waals surface area (Å²) in [5, 5.41) is 5.72. The van der Waals surface area contributed by atoms with Crippen molar-refractivity contribution in [1.29, 1.82) is 0 Å². The van der Waals surface area contributed by atoms with Gasteiger partial charge in [-0.15, -0.1) is 0 Å². The molecule has 0 bridgehead atoms. The van der Waals surface area contributed by atoms with E-state index in [0.29, 0.717) is 34.5 Å². The Kier molecular flexibility index (Phi) is 7.97. The molecule has 0 aromatic heterocycles. The van der Waals surface area contributed by atoms with Gasteiger partial charge >= 0.3 is 6.18 Å². The van der Waals surface area contributed by atoms with Crippen LogP contribution < -0.4 is 10.6 Å². The SMILES string of the molecule is O=C(NCc1cccc(-c2ccccc2)c1)c1cccc(NC(=O)c2ccccc2-c2ccc(C(F)(F)F)cc2)c1. The fourth-order valence-electron chi connectivity index (χ4n) is 4.48. The van der Waals surface area contributed by atoms with Crippen molar-refractivity contribution >= 4 is 17.5 Å². The highest BCUT2D eigenvalue weighted by atomic mass is 19.4. The minimum absolute atomic E-state index is 0.292. The Bertz CT molecular complexity index is 1680. The van der Waals surface area contributed by atoms with E-state index < -0.39 is 17.6 Å². The molecule has 0 atom stereocenters. The van der Waals surface area contributed by atoms with E-state index in [-0.39, 0.29) is 5.91 Å². The number of alkyl halides is 3. The van der Waals surface area contributed by atoms with Gasteiger partial charge < -0.3 is 10.6 Å². The molecule has 0 saturated heterocycles. The molecular formula is C34H25F3N2O2.